The SMILES string of the molecule is CCOc1ccc(CCC2CCN(C(=O)CCCNC)CC2)cc1.Cl. The number of benzene rings is 1. The van der Waals surface area contributed by atoms with Gasteiger partial charge in [-0.15, -0.1) is 12.4 Å². The van der Waals surface area contributed by atoms with Crippen molar-refractivity contribution in [1.29, 1.82) is 0 Å². The van der Waals surface area contributed by atoms with Crippen molar-refractivity contribution in [2.24, 2.45) is 5.92 Å². The number of carbonyl (C=O) groups is 1. The van der Waals surface area contributed by atoms with E-state index in [0.29, 0.717) is 18.9 Å². The van der Waals surface area contributed by atoms with E-state index in [1.165, 1.54) is 12.0 Å². The second-order valence-electron chi connectivity index (χ2n) is 6.65. The van der Waals surface area contributed by atoms with Crippen molar-refractivity contribution in [3.8, 4) is 5.75 Å². The number of carbonyl (C=O) groups excluding carboxylic acids is 1. The van der Waals surface area contributed by atoms with Gasteiger partial charge in [-0.1, -0.05) is 12.1 Å². The maximum absolute atomic E-state index is 12.1. The molecule has 25 heavy (non-hydrogen) atoms. The van der Waals surface area contributed by atoms with E-state index in [0.717, 1.165) is 57.0 Å². The van der Waals surface area contributed by atoms with Crippen molar-refractivity contribution in [3.63, 3.8) is 0 Å². The highest BCUT2D eigenvalue weighted by Crippen LogP contribution is 2.23. The number of nitrogens with zero attached hydrogens (tertiary/aromatic N) is 1. The van der Waals surface area contributed by atoms with Crippen molar-refractivity contribution in [3.05, 3.63) is 29.8 Å². The van der Waals surface area contributed by atoms with Gasteiger partial charge in [-0.25, -0.2) is 0 Å². The van der Waals surface area contributed by atoms with Gasteiger partial charge in [0, 0.05) is 19.5 Å². The van der Waals surface area contributed by atoms with E-state index in [4.69, 9.17) is 4.74 Å². The van der Waals surface area contributed by atoms with Crippen molar-refractivity contribution in [2.75, 3.05) is 33.3 Å². The summed E-state index contributed by atoms with van der Waals surface area (Å²) in [5.74, 6) is 2.03. The topological polar surface area (TPSA) is 41.6 Å². The standard InChI is InChI=1S/C20H32N2O2.ClH/c1-3-24-19-10-8-17(9-11-19)6-7-18-12-15-22(16-13-18)20(23)5-4-14-21-2;/h8-11,18,21H,3-7,12-16H2,1-2H3;1H. The molecule has 1 fully saturated rings. The summed E-state index contributed by atoms with van der Waals surface area (Å²) in [6.07, 6.45) is 6.25. The maximum atomic E-state index is 12.1. The summed E-state index contributed by atoms with van der Waals surface area (Å²) in [5, 5.41) is 3.10. The Bertz CT molecular complexity index is 485. The average molecular weight is 369 g/mol. The van der Waals surface area contributed by atoms with Gasteiger partial charge in [0.05, 0.1) is 6.61 Å². The minimum Gasteiger partial charge on any atom is -0.494 e. The molecule has 1 aromatic rings. The minimum atomic E-state index is 0. The summed E-state index contributed by atoms with van der Waals surface area (Å²) in [6, 6.07) is 8.47. The molecule has 1 heterocycles. The molecule has 0 saturated carbocycles. The van der Waals surface area contributed by atoms with E-state index in [1.807, 2.05) is 14.0 Å². The monoisotopic (exact) mass is 368 g/mol. The van der Waals surface area contributed by atoms with E-state index in [2.05, 4.69) is 34.5 Å². The van der Waals surface area contributed by atoms with Crippen LogP contribution in [0.3, 0.4) is 0 Å². The fraction of sp³-hybridized carbons (Fsp3) is 0.650. The van der Waals surface area contributed by atoms with Crippen LogP contribution in [0, 0.1) is 5.92 Å². The summed E-state index contributed by atoms with van der Waals surface area (Å²) in [5.41, 5.74) is 1.38. The lowest BCUT2D eigenvalue weighted by Gasteiger charge is -2.32. The van der Waals surface area contributed by atoms with Crippen LogP contribution in [-0.4, -0.2) is 44.1 Å². The second kappa shape index (κ2) is 12.2. The van der Waals surface area contributed by atoms with E-state index < -0.39 is 0 Å². The van der Waals surface area contributed by atoms with Crippen molar-refractivity contribution in [2.45, 2.75) is 45.4 Å². The lowest BCUT2D eigenvalue weighted by atomic mass is 9.90. The molecule has 5 heteroatoms. The molecular formula is C20H33ClN2O2. The van der Waals surface area contributed by atoms with Gasteiger partial charge >= 0.3 is 0 Å². The molecule has 0 unspecified atom stereocenters. The lowest BCUT2D eigenvalue weighted by Crippen LogP contribution is -2.38. The maximum Gasteiger partial charge on any atom is 0.222 e. The summed E-state index contributed by atoms with van der Waals surface area (Å²) < 4.78 is 5.48. The van der Waals surface area contributed by atoms with Crippen LogP contribution in [0.4, 0.5) is 0 Å². The van der Waals surface area contributed by atoms with Crippen LogP contribution in [0.2, 0.25) is 0 Å². The van der Waals surface area contributed by atoms with E-state index in [9.17, 15) is 4.79 Å². The molecule has 1 N–H and O–H groups in total. The smallest absolute Gasteiger partial charge is 0.222 e. The third-order valence-electron chi connectivity index (χ3n) is 4.86. The zero-order valence-electron chi connectivity index (χ0n) is 15.6. The van der Waals surface area contributed by atoms with Gasteiger partial charge in [-0.3, -0.25) is 4.79 Å². The first-order chi connectivity index (χ1) is 11.7. The molecule has 1 amide bonds. The van der Waals surface area contributed by atoms with Gasteiger partial charge in [0.15, 0.2) is 0 Å². The number of hydrogen-bond acceptors (Lipinski definition) is 3. The highest BCUT2D eigenvalue weighted by Gasteiger charge is 2.22. The van der Waals surface area contributed by atoms with Gasteiger partial charge in [0.1, 0.15) is 5.75 Å². The van der Waals surface area contributed by atoms with Crippen LogP contribution >= 0.6 is 12.4 Å². The molecule has 0 atom stereocenters. The number of aryl methyl sites for hydroxylation is 1. The van der Waals surface area contributed by atoms with Crippen LogP contribution in [0.25, 0.3) is 0 Å². The fourth-order valence-corrected chi connectivity index (χ4v) is 3.34. The van der Waals surface area contributed by atoms with Gasteiger partial charge in [-0.05, 0) is 76.2 Å². The summed E-state index contributed by atoms with van der Waals surface area (Å²) >= 11 is 0. The predicted molar refractivity (Wildman–Crippen MR) is 106 cm³/mol. The van der Waals surface area contributed by atoms with Crippen LogP contribution in [0.5, 0.6) is 5.75 Å². The molecule has 0 aliphatic carbocycles. The van der Waals surface area contributed by atoms with E-state index >= 15 is 0 Å². The number of halogens is 1. The summed E-state index contributed by atoms with van der Waals surface area (Å²) in [4.78, 5) is 14.2. The number of hydrogen-bond donors (Lipinski definition) is 1. The zero-order valence-corrected chi connectivity index (χ0v) is 16.4. The van der Waals surface area contributed by atoms with Crippen molar-refractivity contribution >= 4 is 18.3 Å². The number of ether oxygens (including phenoxy) is 1. The van der Waals surface area contributed by atoms with Gasteiger partial charge in [0.25, 0.3) is 0 Å². The van der Waals surface area contributed by atoms with Crippen LogP contribution < -0.4 is 10.1 Å². The first kappa shape index (κ1) is 21.8. The second-order valence-corrected chi connectivity index (χ2v) is 6.65. The molecule has 4 nitrogen and oxygen atoms in total. The number of rotatable bonds is 9. The normalized spacial score (nSPS) is 14.9. The van der Waals surface area contributed by atoms with Crippen molar-refractivity contribution < 1.29 is 9.53 Å². The first-order valence-corrected chi connectivity index (χ1v) is 9.37. The Kier molecular flexibility index (Phi) is 10.6. The molecule has 2 rings (SSSR count). The molecular weight excluding hydrogens is 336 g/mol. The molecule has 1 saturated heterocycles. The van der Waals surface area contributed by atoms with Gasteiger partial charge in [0.2, 0.25) is 5.91 Å². The summed E-state index contributed by atoms with van der Waals surface area (Å²) in [6.45, 7) is 5.51. The Morgan fingerprint density at radius 3 is 2.52 bits per heavy atom. The molecule has 1 aliphatic rings. The highest BCUT2D eigenvalue weighted by atomic mass is 35.5. The molecule has 0 bridgehead atoms. The number of piperidine rings is 1. The van der Waals surface area contributed by atoms with Crippen LogP contribution in [0.15, 0.2) is 24.3 Å². The molecule has 0 aromatic heterocycles. The lowest BCUT2D eigenvalue weighted by molar-refractivity contribution is -0.132. The van der Waals surface area contributed by atoms with E-state index in [1.54, 1.807) is 0 Å². The first-order valence-electron chi connectivity index (χ1n) is 9.37. The zero-order chi connectivity index (χ0) is 17.2. The third-order valence-corrected chi connectivity index (χ3v) is 4.86. The van der Waals surface area contributed by atoms with E-state index in [-0.39, 0.29) is 12.4 Å². The quantitative estimate of drug-likeness (QED) is 0.676. The Morgan fingerprint density at radius 1 is 1.24 bits per heavy atom. The highest BCUT2D eigenvalue weighted by molar-refractivity contribution is 5.85. The number of nitrogens with one attached hydrogen (secondary N) is 1. The Balaban J connectivity index is 0.00000312. The van der Waals surface area contributed by atoms with Gasteiger partial charge < -0.3 is 15.0 Å². The molecule has 0 radical (unpaired) electrons. The van der Waals surface area contributed by atoms with Gasteiger partial charge in [-0.2, -0.15) is 0 Å². The predicted octanol–water partition coefficient (Wildman–Crippen LogP) is 3.68. The molecule has 1 aliphatic heterocycles. The van der Waals surface area contributed by atoms with Crippen LogP contribution in [0.1, 0.15) is 44.6 Å². The molecule has 1 aromatic carbocycles. The Hall–Kier alpha value is -1.26. The summed E-state index contributed by atoms with van der Waals surface area (Å²) in [7, 11) is 1.93. The number of likely N-dealkylation sites (tertiary alicyclic amines) is 1. The minimum absolute atomic E-state index is 0. The fourth-order valence-electron chi connectivity index (χ4n) is 3.34. The largest absolute Gasteiger partial charge is 0.494 e. The van der Waals surface area contributed by atoms with Crippen LogP contribution in [-0.2, 0) is 11.2 Å². The molecule has 0 spiro atoms. The average Bonchev–Trinajstić information content (AvgIpc) is 2.62. The Morgan fingerprint density at radius 2 is 1.92 bits per heavy atom. The number of amides is 1. The molecule has 142 valence electrons. The Labute approximate surface area is 158 Å². The van der Waals surface area contributed by atoms with Crippen molar-refractivity contribution in [1.82, 2.24) is 10.2 Å². The third kappa shape index (κ3) is 7.66.